The molecule has 1 aromatic rings. The quantitative estimate of drug-likeness (QED) is 0.206. The molecule has 0 fully saturated rings. The van der Waals surface area contributed by atoms with Crippen LogP contribution in [0.5, 0.6) is 5.75 Å². The molecule has 1 unspecified atom stereocenters. The number of amides is 1. The number of nitro groups is 1. The summed E-state index contributed by atoms with van der Waals surface area (Å²) in [6.45, 7) is 7.26. The molecule has 7 nitrogen and oxygen atoms in total. The molecule has 1 amide bonds. The van der Waals surface area contributed by atoms with Gasteiger partial charge in [0, 0.05) is 19.2 Å². The topological polar surface area (TPSA) is 81.9 Å². The molecule has 0 bridgehead atoms. The number of hydrogen-bond acceptors (Lipinski definition) is 5. The summed E-state index contributed by atoms with van der Waals surface area (Å²) in [6, 6.07) is 4.47. The van der Waals surface area contributed by atoms with Gasteiger partial charge in [0.05, 0.1) is 17.6 Å². The number of hydrogen-bond donors (Lipinski definition) is 0. The van der Waals surface area contributed by atoms with E-state index in [1.165, 1.54) is 19.2 Å². The normalized spacial score (nSPS) is 11.7. The number of carbonyl (C=O) groups excluding carboxylic acids is 1. The van der Waals surface area contributed by atoms with Crippen LogP contribution in [0.25, 0.3) is 0 Å². The van der Waals surface area contributed by atoms with E-state index < -0.39 is 17.1 Å². The fourth-order valence-corrected chi connectivity index (χ4v) is 3.19. The first-order valence-electron chi connectivity index (χ1n) is 10.7. The number of methoxy groups -OCH3 is 1. The van der Waals surface area contributed by atoms with Gasteiger partial charge in [-0.2, -0.15) is 0 Å². The summed E-state index contributed by atoms with van der Waals surface area (Å²) in [6.07, 6.45) is 7.42. The maximum Gasteiger partial charge on any atom is 0.410 e. The Balaban J connectivity index is 2.83. The monoisotopic (exact) mass is 408 g/mol. The Morgan fingerprint density at radius 3 is 2.14 bits per heavy atom. The van der Waals surface area contributed by atoms with Gasteiger partial charge >= 0.3 is 6.09 Å². The Bertz CT molecular complexity index is 624. The highest BCUT2D eigenvalue weighted by molar-refractivity contribution is 5.68. The average molecular weight is 409 g/mol. The van der Waals surface area contributed by atoms with E-state index in [0.29, 0.717) is 24.4 Å². The van der Waals surface area contributed by atoms with E-state index in [1.807, 2.05) is 0 Å². The second-order valence-corrected chi connectivity index (χ2v) is 7.32. The van der Waals surface area contributed by atoms with E-state index in [-0.39, 0.29) is 5.69 Å². The molecule has 0 saturated heterocycles. The van der Waals surface area contributed by atoms with Crippen LogP contribution < -0.4 is 4.74 Å². The second-order valence-electron chi connectivity index (χ2n) is 7.32. The molecular weight excluding hydrogens is 372 g/mol. The molecular formula is C22H36N2O5. The molecule has 0 aliphatic heterocycles. The number of carbonyl (C=O) groups is 1. The molecule has 1 rings (SSSR count). The summed E-state index contributed by atoms with van der Waals surface area (Å²) >= 11 is 0. The van der Waals surface area contributed by atoms with Crippen LogP contribution in [0.1, 0.15) is 83.8 Å². The molecule has 0 heterocycles. The Kier molecular flexibility index (Phi) is 11.8. The number of nitrogens with zero attached hydrogens (tertiary/aromatic N) is 2. The van der Waals surface area contributed by atoms with Crippen LogP contribution in [-0.4, -0.2) is 36.1 Å². The molecule has 0 radical (unpaired) electrons. The van der Waals surface area contributed by atoms with E-state index >= 15 is 0 Å². The molecule has 7 heteroatoms. The highest BCUT2D eigenvalue weighted by Gasteiger charge is 2.25. The molecule has 1 atom stereocenters. The van der Waals surface area contributed by atoms with Crippen molar-refractivity contribution in [1.29, 1.82) is 0 Å². The maximum absolute atomic E-state index is 12.8. The minimum Gasteiger partial charge on any atom is -0.497 e. The lowest BCUT2D eigenvalue weighted by atomic mass is 10.1. The zero-order valence-corrected chi connectivity index (χ0v) is 18.3. The van der Waals surface area contributed by atoms with Crippen molar-refractivity contribution in [3.05, 3.63) is 33.9 Å². The Morgan fingerprint density at radius 1 is 1.07 bits per heavy atom. The molecule has 164 valence electrons. The lowest BCUT2D eigenvalue weighted by Gasteiger charge is -2.24. The Labute approximate surface area is 174 Å². The highest BCUT2D eigenvalue weighted by atomic mass is 16.6. The van der Waals surface area contributed by atoms with Gasteiger partial charge in [-0.1, -0.05) is 52.4 Å². The third-order valence-corrected chi connectivity index (χ3v) is 4.97. The van der Waals surface area contributed by atoms with Gasteiger partial charge in [-0.25, -0.2) is 4.79 Å². The fourth-order valence-electron chi connectivity index (χ4n) is 3.19. The van der Waals surface area contributed by atoms with Crippen LogP contribution in [0.4, 0.5) is 10.5 Å². The molecule has 0 saturated carbocycles. The molecule has 0 aromatic heterocycles. The van der Waals surface area contributed by atoms with E-state index in [1.54, 1.807) is 17.9 Å². The van der Waals surface area contributed by atoms with Crippen molar-refractivity contribution in [1.82, 2.24) is 4.90 Å². The third-order valence-electron chi connectivity index (χ3n) is 4.97. The number of ether oxygens (including phenoxy) is 2. The van der Waals surface area contributed by atoms with Crippen LogP contribution in [0.15, 0.2) is 18.2 Å². The third kappa shape index (κ3) is 8.71. The first-order chi connectivity index (χ1) is 13.9. The maximum atomic E-state index is 12.8. The molecule has 29 heavy (non-hydrogen) atoms. The van der Waals surface area contributed by atoms with Crippen molar-refractivity contribution in [2.45, 2.75) is 78.2 Å². The summed E-state index contributed by atoms with van der Waals surface area (Å²) in [5, 5.41) is 11.4. The van der Waals surface area contributed by atoms with Gasteiger partial charge in [0.2, 0.25) is 0 Å². The number of rotatable bonds is 14. The molecule has 0 spiro atoms. The smallest absolute Gasteiger partial charge is 0.410 e. The second kappa shape index (κ2) is 13.8. The number of unbranched alkanes of at least 4 members (excludes halogenated alkanes) is 6. The van der Waals surface area contributed by atoms with Crippen molar-refractivity contribution in [2.24, 2.45) is 0 Å². The molecule has 0 N–H and O–H groups in total. The largest absolute Gasteiger partial charge is 0.497 e. The van der Waals surface area contributed by atoms with Crippen molar-refractivity contribution >= 4 is 11.8 Å². The summed E-state index contributed by atoms with van der Waals surface area (Å²) in [5.41, 5.74) is 0.253. The zero-order valence-electron chi connectivity index (χ0n) is 18.3. The predicted octanol–water partition coefficient (Wildman–Crippen LogP) is 6.26. The summed E-state index contributed by atoms with van der Waals surface area (Å²) in [5.74, 6) is 0.490. The SMILES string of the molecule is CCCCCCN(CCCCCC)C(=O)OC(C)c1cc(OC)ccc1[N+](=O)[O-]. The van der Waals surface area contributed by atoms with Crippen LogP contribution >= 0.6 is 0 Å². The lowest BCUT2D eigenvalue weighted by molar-refractivity contribution is -0.386. The molecule has 0 aliphatic carbocycles. The molecule has 1 aromatic carbocycles. The van der Waals surface area contributed by atoms with Gasteiger partial charge in [0.25, 0.3) is 5.69 Å². The standard InChI is InChI=1S/C22H36N2O5/c1-5-7-9-11-15-23(16-12-10-8-6-2)22(25)29-18(3)20-17-19(28-4)13-14-21(20)24(26)27/h13-14,17-18H,5-12,15-16H2,1-4H3. The Hall–Kier alpha value is -2.31. The molecule has 0 aliphatic rings. The van der Waals surface area contributed by atoms with E-state index in [9.17, 15) is 14.9 Å². The Morgan fingerprint density at radius 2 is 1.66 bits per heavy atom. The van der Waals surface area contributed by atoms with E-state index in [4.69, 9.17) is 9.47 Å². The summed E-state index contributed by atoms with van der Waals surface area (Å²) in [4.78, 5) is 25.4. The van der Waals surface area contributed by atoms with Gasteiger partial charge in [0.1, 0.15) is 11.9 Å². The van der Waals surface area contributed by atoms with Gasteiger partial charge < -0.3 is 14.4 Å². The lowest BCUT2D eigenvalue weighted by Crippen LogP contribution is -2.34. The minimum absolute atomic E-state index is 0.0801. The minimum atomic E-state index is -0.744. The zero-order chi connectivity index (χ0) is 21.6. The highest BCUT2D eigenvalue weighted by Crippen LogP contribution is 2.31. The predicted molar refractivity (Wildman–Crippen MR) is 114 cm³/mol. The summed E-state index contributed by atoms with van der Waals surface area (Å²) in [7, 11) is 1.50. The summed E-state index contributed by atoms with van der Waals surface area (Å²) < 4.78 is 10.8. The van der Waals surface area contributed by atoms with Crippen LogP contribution in [-0.2, 0) is 4.74 Å². The van der Waals surface area contributed by atoms with E-state index in [2.05, 4.69) is 13.8 Å². The van der Waals surface area contributed by atoms with Crippen LogP contribution in [0.3, 0.4) is 0 Å². The van der Waals surface area contributed by atoms with Crippen molar-refractivity contribution in [2.75, 3.05) is 20.2 Å². The van der Waals surface area contributed by atoms with Gasteiger partial charge in [0.15, 0.2) is 0 Å². The first kappa shape index (κ1) is 24.7. The van der Waals surface area contributed by atoms with Crippen LogP contribution in [0, 0.1) is 10.1 Å². The van der Waals surface area contributed by atoms with Gasteiger partial charge in [-0.05, 0) is 31.9 Å². The number of nitro benzene ring substituents is 1. The van der Waals surface area contributed by atoms with Gasteiger partial charge in [-0.3, -0.25) is 10.1 Å². The fraction of sp³-hybridized carbons (Fsp3) is 0.682. The average Bonchev–Trinajstić information content (AvgIpc) is 2.71. The van der Waals surface area contributed by atoms with E-state index in [0.717, 1.165) is 51.4 Å². The van der Waals surface area contributed by atoms with Crippen LogP contribution in [0.2, 0.25) is 0 Å². The van der Waals surface area contributed by atoms with Crippen molar-refractivity contribution in [3.8, 4) is 5.75 Å². The first-order valence-corrected chi connectivity index (χ1v) is 10.7. The van der Waals surface area contributed by atoms with Crippen molar-refractivity contribution < 1.29 is 19.2 Å². The van der Waals surface area contributed by atoms with Gasteiger partial charge in [-0.15, -0.1) is 0 Å². The number of benzene rings is 1. The van der Waals surface area contributed by atoms with Crippen molar-refractivity contribution in [3.63, 3.8) is 0 Å².